The molecule has 0 aliphatic heterocycles. The first-order chi connectivity index (χ1) is 6.69. The van der Waals surface area contributed by atoms with E-state index in [-0.39, 0.29) is 5.69 Å². The van der Waals surface area contributed by atoms with Gasteiger partial charge < -0.3 is 5.32 Å². The summed E-state index contributed by atoms with van der Waals surface area (Å²) in [5.74, 6) is 0. The molecular formula is C9H10N2O3. The van der Waals surface area contributed by atoms with Crippen molar-refractivity contribution in [3.05, 3.63) is 33.9 Å². The quantitative estimate of drug-likeness (QED) is 0.450. The number of nitrogens with one attached hydrogen (secondary N) is 1. The van der Waals surface area contributed by atoms with Gasteiger partial charge in [-0.3, -0.25) is 14.9 Å². The molecule has 1 rings (SSSR count). The van der Waals surface area contributed by atoms with Crippen LogP contribution >= 0.6 is 0 Å². The van der Waals surface area contributed by atoms with Crippen molar-refractivity contribution < 1.29 is 9.72 Å². The lowest BCUT2D eigenvalue weighted by Crippen LogP contribution is -1.98. The second-order valence-electron chi connectivity index (χ2n) is 2.72. The lowest BCUT2D eigenvalue weighted by Gasteiger charge is -2.02. The van der Waals surface area contributed by atoms with E-state index in [0.29, 0.717) is 24.1 Å². The summed E-state index contributed by atoms with van der Waals surface area (Å²) in [6.07, 6.45) is 1.09. The van der Waals surface area contributed by atoms with Crippen molar-refractivity contribution in [3.63, 3.8) is 0 Å². The Morgan fingerprint density at radius 3 is 2.79 bits per heavy atom. The third-order valence-corrected chi connectivity index (χ3v) is 1.89. The number of hydrogen-bond donors (Lipinski definition) is 1. The summed E-state index contributed by atoms with van der Waals surface area (Å²) in [5.41, 5.74) is 1.13. The summed E-state index contributed by atoms with van der Waals surface area (Å²) in [6, 6.07) is 4.64. The monoisotopic (exact) mass is 194 g/mol. The number of carbonyl (C=O) groups is 1. The molecule has 1 aromatic carbocycles. The highest BCUT2D eigenvalue weighted by atomic mass is 16.6. The van der Waals surface area contributed by atoms with Crippen LogP contribution in [0, 0.1) is 10.1 Å². The van der Waals surface area contributed by atoms with Gasteiger partial charge in [-0.05, 0) is 12.5 Å². The van der Waals surface area contributed by atoms with Gasteiger partial charge in [0.2, 0.25) is 6.41 Å². The molecule has 0 saturated carbocycles. The molecule has 74 valence electrons. The van der Waals surface area contributed by atoms with Gasteiger partial charge in [0, 0.05) is 17.3 Å². The highest BCUT2D eigenvalue weighted by molar-refractivity contribution is 5.73. The fourth-order valence-corrected chi connectivity index (χ4v) is 1.19. The molecule has 1 amide bonds. The number of nitro groups is 1. The smallest absolute Gasteiger partial charge is 0.274 e. The molecule has 0 aromatic heterocycles. The summed E-state index contributed by atoms with van der Waals surface area (Å²) in [7, 11) is 0. The average molecular weight is 194 g/mol. The topological polar surface area (TPSA) is 72.2 Å². The molecule has 0 bridgehead atoms. The van der Waals surface area contributed by atoms with E-state index in [2.05, 4.69) is 5.32 Å². The molecule has 1 N–H and O–H groups in total. The zero-order valence-corrected chi connectivity index (χ0v) is 7.69. The van der Waals surface area contributed by atoms with Crippen molar-refractivity contribution in [3.8, 4) is 0 Å². The number of aryl methyl sites for hydroxylation is 1. The van der Waals surface area contributed by atoms with Crippen LogP contribution in [0.5, 0.6) is 0 Å². The number of hydrogen-bond acceptors (Lipinski definition) is 3. The number of rotatable bonds is 4. The van der Waals surface area contributed by atoms with E-state index < -0.39 is 4.92 Å². The van der Waals surface area contributed by atoms with Gasteiger partial charge in [0.05, 0.1) is 4.92 Å². The van der Waals surface area contributed by atoms with Gasteiger partial charge in [0.15, 0.2) is 0 Å². The van der Waals surface area contributed by atoms with Crippen LogP contribution < -0.4 is 5.32 Å². The van der Waals surface area contributed by atoms with Crippen LogP contribution in [0.4, 0.5) is 11.4 Å². The van der Waals surface area contributed by atoms with E-state index in [0.717, 1.165) is 0 Å². The summed E-state index contributed by atoms with van der Waals surface area (Å²) in [4.78, 5) is 20.3. The van der Waals surface area contributed by atoms with Gasteiger partial charge in [-0.15, -0.1) is 0 Å². The Morgan fingerprint density at radius 1 is 1.57 bits per heavy atom. The van der Waals surface area contributed by atoms with Gasteiger partial charge >= 0.3 is 0 Å². The molecule has 0 saturated heterocycles. The Balaban J connectivity index is 3.13. The molecule has 0 heterocycles. The van der Waals surface area contributed by atoms with E-state index in [1.165, 1.54) is 6.07 Å². The Morgan fingerprint density at radius 2 is 2.29 bits per heavy atom. The molecule has 0 radical (unpaired) electrons. The molecule has 0 unspecified atom stereocenters. The number of benzene rings is 1. The van der Waals surface area contributed by atoms with E-state index in [4.69, 9.17) is 0 Å². The van der Waals surface area contributed by atoms with Gasteiger partial charge in [-0.25, -0.2) is 0 Å². The third-order valence-electron chi connectivity index (χ3n) is 1.89. The molecule has 0 spiro atoms. The maximum Gasteiger partial charge on any atom is 0.274 e. The molecule has 5 nitrogen and oxygen atoms in total. The highest BCUT2D eigenvalue weighted by Crippen LogP contribution is 2.23. The van der Waals surface area contributed by atoms with Crippen LogP contribution in [0.1, 0.15) is 12.5 Å². The number of carbonyl (C=O) groups excluding carboxylic acids is 1. The van der Waals surface area contributed by atoms with Crippen LogP contribution in [0.2, 0.25) is 0 Å². The first kappa shape index (κ1) is 10.2. The molecule has 0 fully saturated rings. The van der Waals surface area contributed by atoms with Crippen molar-refractivity contribution in [2.75, 3.05) is 5.32 Å². The van der Waals surface area contributed by atoms with Crippen LogP contribution in [-0.4, -0.2) is 11.3 Å². The zero-order valence-electron chi connectivity index (χ0n) is 7.69. The molecule has 14 heavy (non-hydrogen) atoms. The maximum atomic E-state index is 10.6. The molecule has 1 aromatic rings. The number of amides is 1. The largest absolute Gasteiger partial charge is 0.328 e. The summed E-state index contributed by atoms with van der Waals surface area (Å²) < 4.78 is 0. The zero-order chi connectivity index (χ0) is 10.6. The Labute approximate surface area is 80.9 Å². The number of nitrogens with zero attached hydrogens (tertiary/aromatic N) is 1. The van der Waals surface area contributed by atoms with Crippen LogP contribution in [0.25, 0.3) is 0 Å². The summed E-state index contributed by atoms with van der Waals surface area (Å²) >= 11 is 0. The second kappa shape index (κ2) is 4.36. The van der Waals surface area contributed by atoms with E-state index in [1.54, 1.807) is 12.1 Å². The minimum absolute atomic E-state index is 0.0411. The first-order valence-electron chi connectivity index (χ1n) is 4.16. The standard InChI is InChI=1S/C9H10N2O3/c1-2-7-3-4-8(10-6-12)5-9(7)11(13)14/h3-6H,2H2,1H3,(H,10,12). The van der Waals surface area contributed by atoms with Gasteiger partial charge in [-0.1, -0.05) is 13.0 Å². The van der Waals surface area contributed by atoms with Crippen molar-refractivity contribution in [2.45, 2.75) is 13.3 Å². The molecule has 5 heteroatoms. The summed E-state index contributed by atoms with van der Waals surface area (Å²) in [6.45, 7) is 1.84. The molecule has 0 atom stereocenters. The lowest BCUT2D eigenvalue weighted by molar-refractivity contribution is -0.385. The van der Waals surface area contributed by atoms with Gasteiger partial charge in [-0.2, -0.15) is 0 Å². The minimum atomic E-state index is -0.450. The van der Waals surface area contributed by atoms with E-state index in [1.807, 2.05) is 6.92 Å². The lowest BCUT2D eigenvalue weighted by atomic mass is 10.1. The number of anilines is 1. The van der Waals surface area contributed by atoms with Gasteiger partial charge in [0.1, 0.15) is 0 Å². The van der Waals surface area contributed by atoms with Crippen LogP contribution in [0.3, 0.4) is 0 Å². The Hall–Kier alpha value is -1.91. The molecular weight excluding hydrogens is 184 g/mol. The van der Waals surface area contributed by atoms with Crippen LogP contribution in [-0.2, 0) is 11.2 Å². The van der Waals surface area contributed by atoms with Crippen LogP contribution in [0.15, 0.2) is 18.2 Å². The Bertz CT molecular complexity index is 363. The van der Waals surface area contributed by atoms with Gasteiger partial charge in [0.25, 0.3) is 5.69 Å². The Kier molecular flexibility index (Phi) is 3.17. The van der Waals surface area contributed by atoms with Crippen molar-refractivity contribution in [1.29, 1.82) is 0 Å². The highest BCUT2D eigenvalue weighted by Gasteiger charge is 2.12. The minimum Gasteiger partial charge on any atom is -0.328 e. The van der Waals surface area contributed by atoms with Crippen molar-refractivity contribution in [1.82, 2.24) is 0 Å². The fraction of sp³-hybridized carbons (Fsp3) is 0.222. The molecule has 0 aliphatic rings. The predicted octanol–water partition coefficient (Wildman–Crippen LogP) is 1.73. The van der Waals surface area contributed by atoms with Crippen molar-refractivity contribution in [2.24, 2.45) is 0 Å². The molecule has 0 aliphatic carbocycles. The third kappa shape index (κ3) is 2.07. The predicted molar refractivity (Wildman–Crippen MR) is 52.2 cm³/mol. The first-order valence-corrected chi connectivity index (χ1v) is 4.16. The summed E-state index contributed by atoms with van der Waals surface area (Å²) in [5, 5.41) is 13.0. The normalized spacial score (nSPS) is 9.50. The average Bonchev–Trinajstić information content (AvgIpc) is 2.18. The van der Waals surface area contributed by atoms with Crippen molar-refractivity contribution >= 4 is 17.8 Å². The van der Waals surface area contributed by atoms with E-state index in [9.17, 15) is 14.9 Å². The maximum absolute atomic E-state index is 10.6. The van der Waals surface area contributed by atoms with E-state index >= 15 is 0 Å². The second-order valence-corrected chi connectivity index (χ2v) is 2.72. The number of nitro benzene ring substituents is 1. The SMILES string of the molecule is CCc1ccc(NC=O)cc1[N+](=O)[O-]. The fourth-order valence-electron chi connectivity index (χ4n) is 1.19.